The van der Waals surface area contributed by atoms with Crippen LogP contribution < -0.4 is 10.6 Å². The zero-order chi connectivity index (χ0) is 20.9. The Balaban J connectivity index is 1.91. The van der Waals surface area contributed by atoms with E-state index in [-0.39, 0.29) is 19.1 Å². The van der Waals surface area contributed by atoms with E-state index in [2.05, 4.69) is 39.5 Å². The molecule has 0 radical (unpaired) electrons. The zero-order valence-corrected chi connectivity index (χ0v) is 17.5. The minimum atomic E-state index is -5.25. The van der Waals surface area contributed by atoms with Gasteiger partial charge in [0, 0.05) is 51.4 Å². The number of rotatable bonds is 5. The number of likely N-dealkylation sites (N-methyl/N-ethyl adjacent to an activating group) is 2. The Labute approximate surface area is 165 Å². The largest absolute Gasteiger partial charge is 0.511 e. The molecule has 2 aliphatic heterocycles. The van der Waals surface area contributed by atoms with Gasteiger partial charge in [-0.3, -0.25) is 9.89 Å². The van der Waals surface area contributed by atoms with Gasteiger partial charge < -0.3 is 15.5 Å². The van der Waals surface area contributed by atoms with Crippen molar-refractivity contribution in [1.29, 1.82) is 0 Å². The summed E-state index contributed by atoms with van der Waals surface area (Å²) in [6, 6.07) is 0.178. The van der Waals surface area contributed by atoms with Crippen LogP contribution in [0.2, 0.25) is 0 Å². The van der Waals surface area contributed by atoms with E-state index in [1.165, 1.54) is 0 Å². The molecule has 0 aromatic carbocycles. The summed E-state index contributed by atoms with van der Waals surface area (Å²) in [4.78, 5) is 9.17. The van der Waals surface area contributed by atoms with Gasteiger partial charge in [0.15, 0.2) is 5.96 Å². The predicted molar refractivity (Wildman–Crippen MR) is 103 cm³/mol. The molecule has 0 amide bonds. The lowest BCUT2D eigenvalue weighted by atomic mass is 10.1. The van der Waals surface area contributed by atoms with Crippen molar-refractivity contribution in [2.45, 2.75) is 37.4 Å². The second-order valence-corrected chi connectivity index (χ2v) is 9.31. The monoisotopic (exact) mass is 428 g/mol. The highest BCUT2D eigenvalue weighted by atomic mass is 32.2. The molecule has 1 unspecified atom stereocenters. The average molecular weight is 429 g/mol. The summed E-state index contributed by atoms with van der Waals surface area (Å²) in [7, 11) is -1.10. The highest BCUT2D eigenvalue weighted by molar-refractivity contribution is 7.90. The molecule has 28 heavy (non-hydrogen) atoms. The third-order valence-electron chi connectivity index (χ3n) is 5.21. The highest BCUT2D eigenvalue weighted by Crippen LogP contribution is 2.28. The van der Waals surface area contributed by atoms with Gasteiger partial charge in [0.1, 0.15) is 0 Å². The summed E-state index contributed by atoms with van der Waals surface area (Å²) in [6.07, 6.45) is 0.595. The molecule has 1 atom stereocenters. The Bertz CT molecular complexity index is 635. The van der Waals surface area contributed by atoms with Crippen molar-refractivity contribution in [3.05, 3.63) is 0 Å². The predicted octanol–water partition coefficient (Wildman–Crippen LogP) is 0.101. The van der Waals surface area contributed by atoms with Crippen molar-refractivity contribution in [3.63, 3.8) is 0 Å². The molecule has 0 saturated carbocycles. The Morgan fingerprint density at radius 2 is 1.79 bits per heavy atom. The minimum Gasteiger partial charge on any atom is -0.357 e. The van der Waals surface area contributed by atoms with E-state index in [1.807, 2.05) is 6.92 Å². The second kappa shape index (κ2) is 9.59. The molecular weight excluding hydrogens is 397 g/mol. The number of sulfonamides is 1. The smallest absolute Gasteiger partial charge is 0.357 e. The van der Waals surface area contributed by atoms with Crippen LogP contribution in [0.3, 0.4) is 0 Å². The molecule has 2 saturated heterocycles. The molecule has 0 bridgehead atoms. The summed E-state index contributed by atoms with van der Waals surface area (Å²) < 4.78 is 61.6. The van der Waals surface area contributed by atoms with E-state index in [9.17, 15) is 21.6 Å². The lowest BCUT2D eigenvalue weighted by molar-refractivity contribution is -0.0494. The molecule has 2 fully saturated rings. The summed E-state index contributed by atoms with van der Waals surface area (Å²) in [5.41, 5.74) is -5.25. The van der Waals surface area contributed by atoms with Crippen molar-refractivity contribution in [3.8, 4) is 0 Å². The number of guanidine groups is 1. The van der Waals surface area contributed by atoms with Crippen LogP contribution in [-0.4, -0.2) is 106 Å². The Hall–Kier alpha value is -1.11. The first-order valence-electron chi connectivity index (χ1n) is 9.54. The maximum atomic E-state index is 12.7. The van der Waals surface area contributed by atoms with Crippen LogP contribution >= 0.6 is 0 Å². The van der Waals surface area contributed by atoms with Crippen LogP contribution in [0.4, 0.5) is 13.2 Å². The van der Waals surface area contributed by atoms with Gasteiger partial charge in [-0.2, -0.15) is 17.5 Å². The number of hydrogen-bond donors (Lipinski definition) is 2. The van der Waals surface area contributed by atoms with E-state index in [4.69, 9.17) is 0 Å². The van der Waals surface area contributed by atoms with Gasteiger partial charge in [0.2, 0.25) is 0 Å². The van der Waals surface area contributed by atoms with Crippen molar-refractivity contribution in [2.75, 3.05) is 59.9 Å². The molecule has 0 aromatic heterocycles. The van der Waals surface area contributed by atoms with E-state index in [0.717, 1.165) is 19.6 Å². The molecule has 2 aliphatic rings. The number of hydrogen-bond acceptors (Lipinski definition) is 5. The Morgan fingerprint density at radius 3 is 2.36 bits per heavy atom. The maximum Gasteiger partial charge on any atom is 0.511 e. The van der Waals surface area contributed by atoms with Gasteiger partial charge in [-0.05, 0) is 33.9 Å². The van der Waals surface area contributed by atoms with E-state index in [1.54, 1.807) is 0 Å². The summed E-state index contributed by atoms with van der Waals surface area (Å²) in [5.74, 6) is 0.612. The van der Waals surface area contributed by atoms with Crippen LogP contribution in [0.25, 0.3) is 0 Å². The lowest BCUT2D eigenvalue weighted by Gasteiger charge is -2.37. The fourth-order valence-electron chi connectivity index (χ4n) is 3.40. The van der Waals surface area contributed by atoms with Gasteiger partial charge in [-0.25, -0.2) is 8.42 Å². The molecule has 2 heterocycles. The normalized spacial score (nSPS) is 25.1. The lowest BCUT2D eigenvalue weighted by Crippen LogP contribution is -2.53. The van der Waals surface area contributed by atoms with Crippen LogP contribution in [0.15, 0.2) is 4.99 Å². The van der Waals surface area contributed by atoms with Gasteiger partial charge in [-0.15, -0.1) is 0 Å². The Kier molecular flexibility index (Phi) is 7.94. The summed E-state index contributed by atoms with van der Waals surface area (Å²) >= 11 is 0. The number of nitrogens with one attached hydrogen (secondary N) is 2. The number of halogens is 3. The fourth-order valence-corrected chi connectivity index (χ4v) is 4.38. The van der Waals surface area contributed by atoms with Crippen molar-refractivity contribution in [1.82, 2.24) is 24.7 Å². The molecule has 12 heteroatoms. The minimum absolute atomic E-state index is 0.121. The SMILES string of the molecule is CCNC(=NCC1CN(C)CCN1C)NC1CCN(S(=O)(=O)C(F)(F)F)CC1. The molecule has 0 aliphatic carbocycles. The van der Waals surface area contributed by atoms with E-state index >= 15 is 0 Å². The van der Waals surface area contributed by atoms with Crippen LogP contribution in [0.1, 0.15) is 19.8 Å². The van der Waals surface area contributed by atoms with E-state index in [0.29, 0.717) is 42.2 Å². The first-order chi connectivity index (χ1) is 13.0. The summed E-state index contributed by atoms with van der Waals surface area (Å²) in [6.45, 7) is 5.82. The quantitative estimate of drug-likeness (QED) is 0.478. The number of alkyl halides is 3. The molecule has 2 N–H and O–H groups in total. The summed E-state index contributed by atoms with van der Waals surface area (Å²) in [5, 5.41) is 6.39. The third-order valence-corrected chi connectivity index (χ3v) is 6.84. The van der Waals surface area contributed by atoms with Crippen LogP contribution in [0, 0.1) is 0 Å². The number of piperazine rings is 1. The van der Waals surface area contributed by atoms with E-state index < -0.39 is 15.5 Å². The van der Waals surface area contributed by atoms with Crippen LogP contribution in [-0.2, 0) is 10.0 Å². The van der Waals surface area contributed by atoms with Crippen molar-refractivity contribution >= 4 is 16.0 Å². The second-order valence-electron chi connectivity index (χ2n) is 7.38. The van der Waals surface area contributed by atoms with Crippen molar-refractivity contribution < 1.29 is 21.6 Å². The maximum absolute atomic E-state index is 12.7. The first kappa shape index (κ1) is 23.2. The van der Waals surface area contributed by atoms with Crippen LogP contribution in [0.5, 0.6) is 0 Å². The van der Waals surface area contributed by atoms with Gasteiger partial charge in [0.25, 0.3) is 0 Å². The molecule has 8 nitrogen and oxygen atoms in total. The zero-order valence-electron chi connectivity index (χ0n) is 16.7. The topological polar surface area (TPSA) is 80.3 Å². The third kappa shape index (κ3) is 5.94. The molecule has 0 spiro atoms. The molecule has 2 rings (SSSR count). The average Bonchev–Trinajstić information content (AvgIpc) is 2.62. The Morgan fingerprint density at radius 1 is 1.14 bits per heavy atom. The standard InChI is InChI=1S/C16H31F3N6O2S/c1-4-20-15(21-11-14-12-23(2)9-10-24(14)3)22-13-5-7-25(8-6-13)28(26,27)16(17,18)19/h13-14H,4-12H2,1-3H3,(H2,20,21,22). The number of piperidine rings is 1. The fraction of sp³-hybridized carbons (Fsp3) is 0.938. The molecule has 164 valence electrons. The molecular formula is C16H31F3N6O2S. The van der Waals surface area contributed by atoms with Gasteiger partial charge >= 0.3 is 15.5 Å². The number of nitrogens with zero attached hydrogens (tertiary/aromatic N) is 4. The van der Waals surface area contributed by atoms with Crippen molar-refractivity contribution in [2.24, 2.45) is 4.99 Å². The highest BCUT2D eigenvalue weighted by Gasteiger charge is 2.50. The first-order valence-corrected chi connectivity index (χ1v) is 11.0. The number of aliphatic imine (C=N–C) groups is 1. The van der Waals surface area contributed by atoms with Gasteiger partial charge in [-0.1, -0.05) is 0 Å². The molecule has 0 aromatic rings. The van der Waals surface area contributed by atoms with Gasteiger partial charge in [0.05, 0.1) is 6.54 Å².